The van der Waals surface area contributed by atoms with Crippen LogP contribution in [0.3, 0.4) is 0 Å². The van der Waals surface area contributed by atoms with Gasteiger partial charge < -0.3 is 23.8 Å². The first kappa shape index (κ1) is 37.0. The number of ether oxygens (including phenoxy) is 4. The van der Waals surface area contributed by atoms with Crippen LogP contribution in [0.4, 0.5) is 5.69 Å². The van der Waals surface area contributed by atoms with Crippen molar-refractivity contribution in [3.05, 3.63) is 102 Å². The van der Waals surface area contributed by atoms with Gasteiger partial charge >= 0.3 is 0 Å². The summed E-state index contributed by atoms with van der Waals surface area (Å²) in [6, 6.07) is 21.5. The van der Waals surface area contributed by atoms with Gasteiger partial charge in [0.1, 0.15) is 25.0 Å². The Kier molecular flexibility index (Phi) is 12.4. The molecule has 11 nitrogen and oxygen atoms in total. The van der Waals surface area contributed by atoms with Crippen molar-refractivity contribution in [2.24, 2.45) is 0 Å². The summed E-state index contributed by atoms with van der Waals surface area (Å²) in [6.07, 6.45) is 5.76. The average molecular weight is 718 g/mol. The van der Waals surface area contributed by atoms with Gasteiger partial charge in [-0.05, 0) is 73.6 Å². The van der Waals surface area contributed by atoms with Crippen molar-refractivity contribution in [3.63, 3.8) is 0 Å². The number of hydrogen-bond donors (Lipinski definition) is 0. The molecule has 0 N–H and O–H groups in total. The van der Waals surface area contributed by atoms with Crippen molar-refractivity contribution in [1.29, 1.82) is 0 Å². The highest BCUT2D eigenvalue weighted by Gasteiger charge is 2.43. The Morgan fingerprint density at radius 1 is 0.980 bits per heavy atom. The molecule has 2 aliphatic rings. The monoisotopic (exact) mass is 717 g/mol. The molecule has 1 fully saturated rings. The number of fused-ring (bicyclic) bond motifs is 1. The third-order valence-corrected chi connectivity index (χ3v) is 12.1. The molecule has 12 heteroatoms. The number of piperidine rings is 1. The Labute approximate surface area is 302 Å². The quantitative estimate of drug-likeness (QED) is 0.126. The van der Waals surface area contributed by atoms with E-state index < -0.39 is 16.1 Å². The van der Waals surface area contributed by atoms with Crippen LogP contribution in [0.25, 0.3) is 0 Å². The summed E-state index contributed by atoms with van der Waals surface area (Å²) in [4.78, 5) is 6.81. The highest BCUT2D eigenvalue weighted by atomic mass is 32.2. The molecule has 4 aromatic rings. The van der Waals surface area contributed by atoms with Crippen molar-refractivity contribution >= 4 is 15.7 Å². The van der Waals surface area contributed by atoms with E-state index in [1.54, 1.807) is 37.0 Å². The molecule has 3 aromatic carbocycles. The lowest BCUT2D eigenvalue weighted by Crippen LogP contribution is -2.52. The summed E-state index contributed by atoms with van der Waals surface area (Å²) in [6.45, 7) is 8.17. The molecule has 0 radical (unpaired) electrons. The van der Waals surface area contributed by atoms with Gasteiger partial charge in [0.25, 0.3) is 0 Å². The molecule has 1 saturated heterocycles. The van der Waals surface area contributed by atoms with E-state index >= 15 is 0 Å². The van der Waals surface area contributed by atoms with Crippen molar-refractivity contribution in [2.45, 2.75) is 81.7 Å². The third-order valence-electron chi connectivity index (χ3n) is 10.1. The normalized spacial score (nSPS) is 20.2. The fourth-order valence-corrected chi connectivity index (χ4v) is 9.00. The number of methoxy groups -OCH3 is 2. The minimum atomic E-state index is -3.86. The molecule has 1 aromatic heterocycles. The Morgan fingerprint density at radius 2 is 1.76 bits per heavy atom. The number of rotatable bonds is 16. The predicted molar refractivity (Wildman–Crippen MR) is 197 cm³/mol. The van der Waals surface area contributed by atoms with E-state index in [2.05, 4.69) is 52.2 Å². The van der Waals surface area contributed by atoms with E-state index in [1.165, 1.54) is 6.33 Å². The van der Waals surface area contributed by atoms with Crippen molar-refractivity contribution in [3.8, 4) is 5.75 Å². The summed E-state index contributed by atoms with van der Waals surface area (Å²) < 4.78 is 56.1. The Hall–Kier alpha value is -3.81. The first-order chi connectivity index (χ1) is 24.8. The molecule has 0 spiro atoms. The van der Waals surface area contributed by atoms with Gasteiger partial charge in [-0.3, -0.25) is 0 Å². The maximum absolute atomic E-state index is 14.5. The summed E-state index contributed by atoms with van der Waals surface area (Å²) in [7, 11) is -0.441. The summed E-state index contributed by atoms with van der Waals surface area (Å²) in [5, 5.41) is 4.43. The largest absolute Gasteiger partial charge is 0.490 e. The molecule has 0 saturated carbocycles. The van der Waals surface area contributed by atoms with Crippen LogP contribution in [0.2, 0.25) is 0 Å². The van der Waals surface area contributed by atoms with E-state index in [0.717, 1.165) is 59.6 Å². The van der Waals surface area contributed by atoms with E-state index in [9.17, 15) is 8.42 Å². The van der Waals surface area contributed by atoms with Crippen molar-refractivity contribution in [1.82, 2.24) is 19.1 Å². The van der Waals surface area contributed by atoms with Crippen LogP contribution in [0, 0.1) is 6.92 Å². The van der Waals surface area contributed by atoms with Crippen LogP contribution in [-0.2, 0) is 37.4 Å². The van der Waals surface area contributed by atoms with Crippen LogP contribution in [0.15, 0.2) is 84.3 Å². The molecule has 51 heavy (non-hydrogen) atoms. The van der Waals surface area contributed by atoms with Crippen LogP contribution in [0.1, 0.15) is 66.8 Å². The number of sulfonamides is 1. The Balaban J connectivity index is 1.32. The first-order valence-electron chi connectivity index (χ1n) is 17.9. The van der Waals surface area contributed by atoms with Gasteiger partial charge in [-0.25, -0.2) is 18.1 Å². The lowest BCUT2D eigenvalue weighted by Gasteiger charge is -2.44. The SMILES string of the molecule is CC[C@H](C[C@H]1C[C@H](c2ccc(COC)cc2)[C@@H](OCc2ccc3c(c2)N(CCCOC)CCO3)CN1S(=O)(=O)c1ccc(C)cc1)n1cncn1. The molecular weight excluding hydrogens is 667 g/mol. The Bertz CT molecular complexity index is 1790. The highest BCUT2D eigenvalue weighted by molar-refractivity contribution is 7.89. The zero-order valence-electron chi connectivity index (χ0n) is 30.2. The van der Waals surface area contributed by atoms with Crippen LogP contribution in [0.5, 0.6) is 5.75 Å². The molecule has 0 unspecified atom stereocenters. The number of benzene rings is 3. The maximum Gasteiger partial charge on any atom is 0.243 e. The van der Waals surface area contributed by atoms with Crippen LogP contribution in [-0.4, -0.2) is 86.7 Å². The summed E-state index contributed by atoms with van der Waals surface area (Å²) >= 11 is 0. The minimum Gasteiger partial charge on any atom is -0.490 e. The molecule has 4 atom stereocenters. The second kappa shape index (κ2) is 17.1. The lowest BCUT2D eigenvalue weighted by atomic mass is 9.82. The van der Waals surface area contributed by atoms with E-state index in [-0.39, 0.29) is 29.4 Å². The number of aryl methyl sites for hydroxylation is 1. The molecule has 274 valence electrons. The van der Waals surface area contributed by atoms with Gasteiger partial charge in [-0.1, -0.05) is 55.0 Å². The van der Waals surface area contributed by atoms with E-state index in [1.807, 2.05) is 35.9 Å². The fourth-order valence-electron chi connectivity index (χ4n) is 7.34. The lowest BCUT2D eigenvalue weighted by molar-refractivity contribution is -0.0227. The first-order valence-corrected chi connectivity index (χ1v) is 19.4. The number of aromatic nitrogens is 3. The minimum absolute atomic E-state index is 0.0139. The van der Waals surface area contributed by atoms with Crippen molar-refractivity contribution < 1.29 is 27.4 Å². The summed E-state index contributed by atoms with van der Waals surface area (Å²) in [5.74, 6) is 0.820. The van der Waals surface area contributed by atoms with Gasteiger partial charge in [-0.15, -0.1) is 0 Å². The average Bonchev–Trinajstić information content (AvgIpc) is 3.69. The zero-order chi connectivity index (χ0) is 35.8. The fraction of sp³-hybridized carbons (Fsp3) is 0.487. The molecule has 0 bridgehead atoms. The predicted octanol–water partition coefficient (Wildman–Crippen LogP) is 6.14. The number of nitrogens with zero attached hydrogens (tertiary/aromatic N) is 5. The zero-order valence-corrected chi connectivity index (χ0v) is 31.0. The Morgan fingerprint density at radius 3 is 2.47 bits per heavy atom. The van der Waals surface area contributed by atoms with Gasteiger partial charge in [0.05, 0.1) is 42.5 Å². The highest BCUT2D eigenvalue weighted by Crippen LogP contribution is 2.40. The standard InChI is InChI=1S/C39H51N5O6S/c1-5-33(43-28-40-27-41-43)22-34-23-36(32-12-9-30(10-13-32)25-48-4)39(24-44(34)51(45,46)35-14-7-29(2)8-15-35)50-26-31-11-16-38-37(21-31)42(18-20-49-38)17-6-19-47-3/h7-16,21,27-28,33-34,36,39H,5-6,17-20,22-26H2,1-4H3/t33-,34+,36-,39+/m1/s1. The smallest absolute Gasteiger partial charge is 0.243 e. The van der Waals surface area contributed by atoms with Crippen LogP contribution < -0.4 is 9.64 Å². The number of hydrogen-bond acceptors (Lipinski definition) is 9. The molecule has 2 aliphatic heterocycles. The van der Waals surface area contributed by atoms with Gasteiger partial charge in [0.2, 0.25) is 10.0 Å². The second-order valence-corrected chi connectivity index (χ2v) is 15.5. The van der Waals surface area contributed by atoms with E-state index in [4.69, 9.17) is 18.9 Å². The summed E-state index contributed by atoms with van der Waals surface area (Å²) in [5.41, 5.74) is 5.27. The molecule has 6 rings (SSSR count). The molecular formula is C39H51N5O6S. The molecule has 0 aliphatic carbocycles. The maximum atomic E-state index is 14.5. The number of anilines is 1. The van der Waals surface area contributed by atoms with Crippen molar-refractivity contribution in [2.75, 3.05) is 52.0 Å². The van der Waals surface area contributed by atoms with Gasteiger partial charge in [0.15, 0.2) is 0 Å². The second-order valence-electron chi connectivity index (χ2n) is 13.6. The molecule has 3 heterocycles. The van der Waals surface area contributed by atoms with Gasteiger partial charge in [-0.2, -0.15) is 9.40 Å². The third kappa shape index (κ3) is 8.81. The van der Waals surface area contributed by atoms with Crippen LogP contribution >= 0.6 is 0 Å². The van der Waals surface area contributed by atoms with E-state index in [0.29, 0.717) is 39.3 Å². The van der Waals surface area contributed by atoms with Gasteiger partial charge in [0, 0.05) is 45.9 Å². The molecule has 0 amide bonds. The topological polar surface area (TPSA) is 108 Å².